The van der Waals surface area contributed by atoms with Crippen molar-refractivity contribution in [1.29, 1.82) is 0 Å². The number of amides is 2. The molecule has 0 fully saturated rings. The second kappa shape index (κ2) is 10.9. The number of alkyl halides is 2. The van der Waals surface area contributed by atoms with Gasteiger partial charge >= 0.3 is 6.61 Å². The molecule has 0 aliphatic carbocycles. The van der Waals surface area contributed by atoms with Gasteiger partial charge < -0.3 is 25.4 Å². The second-order valence-corrected chi connectivity index (χ2v) is 10.6. The van der Waals surface area contributed by atoms with Gasteiger partial charge in [-0.05, 0) is 37.6 Å². The number of aromatic nitrogens is 3. The van der Waals surface area contributed by atoms with E-state index < -0.39 is 24.9 Å². The Morgan fingerprint density at radius 2 is 1.98 bits per heavy atom. The fraction of sp³-hybridized carbons (Fsp3) is 0.385. The molecular weight excluding hydrogens is 569 g/mol. The van der Waals surface area contributed by atoms with E-state index in [0.29, 0.717) is 33.8 Å². The molecule has 10 nitrogen and oxygen atoms in total. The summed E-state index contributed by atoms with van der Waals surface area (Å²) in [5, 5.41) is 15.7. The normalized spacial score (nSPS) is 20.3. The van der Waals surface area contributed by atoms with Crippen molar-refractivity contribution in [2.24, 2.45) is 5.73 Å². The van der Waals surface area contributed by atoms with Gasteiger partial charge in [0.05, 0.1) is 28.3 Å². The number of benzene rings is 1. The maximum atomic E-state index is 13.9. The molecule has 0 spiro atoms. The molecule has 4 atom stereocenters. The third-order valence-corrected chi connectivity index (χ3v) is 8.08. The van der Waals surface area contributed by atoms with Gasteiger partial charge in [-0.1, -0.05) is 29.3 Å². The van der Waals surface area contributed by atoms with E-state index in [1.54, 1.807) is 24.0 Å². The molecule has 4 heterocycles. The highest BCUT2D eigenvalue weighted by molar-refractivity contribution is 6.42. The van der Waals surface area contributed by atoms with Gasteiger partial charge in [-0.3, -0.25) is 14.3 Å². The van der Waals surface area contributed by atoms with Crippen molar-refractivity contribution in [2.75, 3.05) is 6.54 Å². The lowest BCUT2D eigenvalue weighted by Crippen LogP contribution is -2.50. The number of aliphatic hydroxyl groups excluding tert-OH is 1. The van der Waals surface area contributed by atoms with Crippen LogP contribution in [-0.2, 0) is 13.0 Å². The lowest BCUT2D eigenvalue weighted by atomic mass is 9.96. The smallest absolute Gasteiger partial charge is 0.388 e. The first kappa shape index (κ1) is 28.2. The van der Waals surface area contributed by atoms with Gasteiger partial charge in [0.25, 0.3) is 11.8 Å². The zero-order valence-electron chi connectivity index (χ0n) is 21.5. The van der Waals surface area contributed by atoms with E-state index in [1.807, 2.05) is 6.92 Å². The van der Waals surface area contributed by atoms with E-state index in [1.165, 1.54) is 34.0 Å². The minimum Gasteiger partial charge on any atom is -0.417 e. The van der Waals surface area contributed by atoms with Crippen LogP contribution in [0.1, 0.15) is 63.6 Å². The molecule has 3 N–H and O–H groups in total. The van der Waals surface area contributed by atoms with Crippen LogP contribution in [0.4, 0.5) is 8.78 Å². The Kier molecular flexibility index (Phi) is 7.71. The summed E-state index contributed by atoms with van der Waals surface area (Å²) in [4.78, 5) is 34.4. The molecule has 2 unspecified atom stereocenters. The quantitative estimate of drug-likeness (QED) is 0.415. The van der Waals surface area contributed by atoms with E-state index in [2.05, 4.69) is 14.8 Å². The van der Waals surface area contributed by atoms with Crippen LogP contribution in [-0.4, -0.2) is 66.9 Å². The van der Waals surface area contributed by atoms with Gasteiger partial charge in [0.1, 0.15) is 18.0 Å². The first-order valence-electron chi connectivity index (χ1n) is 12.5. The summed E-state index contributed by atoms with van der Waals surface area (Å²) in [6.45, 7) is 0.776. The Balaban J connectivity index is 1.48. The summed E-state index contributed by atoms with van der Waals surface area (Å²) < 4.78 is 30.8. The monoisotopic (exact) mass is 594 g/mol. The predicted octanol–water partition coefficient (Wildman–Crippen LogP) is 3.81. The number of nitrogens with zero attached hydrogens (tertiary/aromatic N) is 5. The molecule has 2 aliphatic heterocycles. The van der Waals surface area contributed by atoms with E-state index in [0.717, 1.165) is 0 Å². The molecule has 2 amide bonds. The number of carbonyl (C=O) groups is 2. The Bertz CT molecular complexity index is 1450. The fourth-order valence-corrected chi connectivity index (χ4v) is 5.46. The van der Waals surface area contributed by atoms with Crippen molar-refractivity contribution in [3.8, 4) is 5.88 Å². The largest absolute Gasteiger partial charge is 0.417 e. The number of nitrogens with two attached hydrogens (primary N) is 1. The van der Waals surface area contributed by atoms with Crippen LogP contribution < -0.4 is 10.5 Å². The predicted molar refractivity (Wildman–Crippen MR) is 141 cm³/mol. The minimum atomic E-state index is -3.01. The number of ether oxygens (including phenoxy) is 1. The van der Waals surface area contributed by atoms with Gasteiger partial charge in [0.2, 0.25) is 5.88 Å². The molecule has 212 valence electrons. The van der Waals surface area contributed by atoms with E-state index in [4.69, 9.17) is 28.9 Å². The molecule has 40 heavy (non-hydrogen) atoms. The minimum absolute atomic E-state index is 0.0436. The SMILES string of the molecule is CC(c1ccc(OC(F)F)nc1)N1C[C@@H](C(N)O)n2nc3c(c2C1=O)CN(C(=O)c1ccc(Cl)c(Cl)c1)[C@H](C)C3. The lowest BCUT2D eigenvalue weighted by molar-refractivity contribution is -0.0528. The molecule has 3 aromatic rings. The number of hydrogen-bond donors (Lipinski definition) is 2. The highest BCUT2D eigenvalue weighted by Crippen LogP contribution is 2.36. The van der Waals surface area contributed by atoms with Crippen LogP contribution in [0.2, 0.25) is 10.0 Å². The van der Waals surface area contributed by atoms with Crippen LogP contribution in [0.3, 0.4) is 0 Å². The van der Waals surface area contributed by atoms with E-state index in [-0.39, 0.29) is 47.5 Å². The van der Waals surface area contributed by atoms with E-state index >= 15 is 0 Å². The van der Waals surface area contributed by atoms with E-state index in [9.17, 15) is 23.5 Å². The standard InChI is InChI=1S/C26H26Cl2F2N6O4/c1-12-7-19-16(10-34(12)24(38)14-3-5-17(27)18(28)8-14)22-25(39)35(11-20(23(31)37)36(22)33-19)13(2)15-4-6-21(32-9-15)40-26(29)30/h3-6,8-9,12-13,20,23,26,37H,7,10-11,31H2,1-2H3/t12-,13?,20+,23?/m1/s1. The zero-order valence-corrected chi connectivity index (χ0v) is 23.0. The number of pyridine rings is 1. The first-order valence-corrected chi connectivity index (χ1v) is 13.2. The zero-order chi connectivity index (χ0) is 28.9. The number of fused-ring (bicyclic) bond motifs is 3. The van der Waals surface area contributed by atoms with Crippen LogP contribution in [0, 0.1) is 0 Å². The van der Waals surface area contributed by atoms with Crippen LogP contribution in [0.15, 0.2) is 36.5 Å². The maximum absolute atomic E-state index is 13.9. The van der Waals surface area contributed by atoms with Crippen molar-refractivity contribution < 1.29 is 28.2 Å². The van der Waals surface area contributed by atoms with Gasteiger partial charge in [-0.2, -0.15) is 13.9 Å². The fourth-order valence-electron chi connectivity index (χ4n) is 5.16. The molecule has 2 aromatic heterocycles. The van der Waals surface area contributed by atoms with Gasteiger partial charge in [-0.25, -0.2) is 4.98 Å². The highest BCUT2D eigenvalue weighted by atomic mass is 35.5. The molecule has 0 bridgehead atoms. The average Bonchev–Trinajstić information content (AvgIpc) is 3.27. The Hall–Kier alpha value is -3.32. The van der Waals surface area contributed by atoms with Crippen molar-refractivity contribution >= 4 is 35.0 Å². The number of halogens is 4. The number of rotatable bonds is 6. The first-order chi connectivity index (χ1) is 19.0. The second-order valence-electron chi connectivity index (χ2n) is 9.83. The summed E-state index contributed by atoms with van der Waals surface area (Å²) in [6.07, 6.45) is 0.396. The lowest BCUT2D eigenvalue weighted by Gasteiger charge is -2.39. The van der Waals surface area contributed by atoms with Crippen LogP contribution in [0.5, 0.6) is 5.88 Å². The maximum Gasteiger partial charge on any atom is 0.388 e. The van der Waals surface area contributed by atoms with Crippen LogP contribution >= 0.6 is 23.2 Å². The summed E-state index contributed by atoms with van der Waals surface area (Å²) >= 11 is 12.2. The number of hydrogen-bond acceptors (Lipinski definition) is 7. The summed E-state index contributed by atoms with van der Waals surface area (Å²) in [5.41, 5.74) is 8.28. The summed E-state index contributed by atoms with van der Waals surface area (Å²) in [7, 11) is 0. The third kappa shape index (κ3) is 5.12. The van der Waals surface area contributed by atoms with Crippen molar-refractivity contribution in [2.45, 2.75) is 57.8 Å². The van der Waals surface area contributed by atoms with Crippen LogP contribution in [0.25, 0.3) is 0 Å². The third-order valence-electron chi connectivity index (χ3n) is 7.34. The molecule has 14 heteroatoms. The van der Waals surface area contributed by atoms with Gasteiger partial charge in [0, 0.05) is 42.4 Å². The molecule has 2 aliphatic rings. The van der Waals surface area contributed by atoms with Gasteiger partial charge in [0.15, 0.2) is 0 Å². The molecule has 0 saturated carbocycles. The van der Waals surface area contributed by atoms with Gasteiger partial charge in [-0.15, -0.1) is 0 Å². The molecule has 1 aromatic carbocycles. The Morgan fingerprint density at radius 1 is 1.23 bits per heavy atom. The average molecular weight is 595 g/mol. The Morgan fingerprint density at radius 3 is 2.60 bits per heavy atom. The summed E-state index contributed by atoms with van der Waals surface area (Å²) in [6, 6.07) is 5.92. The molecule has 5 rings (SSSR count). The Labute approximate surface area is 238 Å². The van der Waals surface area contributed by atoms with Crippen molar-refractivity contribution in [3.63, 3.8) is 0 Å². The number of aliphatic hydroxyl groups is 1. The van der Waals surface area contributed by atoms with Crippen molar-refractivity contribution in [3.05, 3.63) is 74.7 Å². The highest BCUT2D eigenvalue weighted by Gasteiger charge is 2.43. The van der Waals surface area contributed by atoms with Crippen molar-refractivity contribution in [1.82, 2.24) is 24.6 Å². The summed E-state index contributed by atoms with van der Waals surface area (Å²) in [5.74, 6) is -0.903. The molecule has 0 saturated heterocycles. The number of carbonyl (C=O) groups excluding carboxylic acids is 2. The topological polar surface area (TPSA) is 127 Å². The molecule has 0 radical (unpaired) electrons. The molecular formula is C26H26Cl2F2N6O4.